The largest absolute Gasteiger partial charge is 0.507 e. The SMILES string of the molecule is NC(=O)[C@@H](c1ccccc1)N(C(=O)c1ccccc1O)[C@@H]1COc2ccc(F)cc21. The average molecular weight is 406 g/mol. The molecule has 0 aromatic heterocycles. The van der Waals surface area contributed by atoms with E-state index in [1.165, 1.54) is 35.2 Å². The summed E-state index contributed by atoms with van der Waals surface area (Å²) >= 11 is 0. The van der Waals surface area contributed by atoms with E-state index < -0.39 is 29.7 Å². The summed E-state index contributed by atoms with van der Waals surface area (Å²) in [6.07, 6.45) is 0. The second kappa shape index (κ2) is 7.87. The minimum atomic E-state index is -1.15. The van der Waals surface area contributed by atoms with Gasteiger partial charge in [-0.2, -0.15) is 0 Å². The summed E-state index contributed by atoms with van der Waals surface area (Å²) < 4.78 is 19.6. The number of benzene rings is 3. The molecule has 1 aliphatic heterocycles. The maximum Gasteiger partial charge on any atom is 0.259 e. The molecule has 7 heteroatoms. The number of para-hydroxylation sites is 1. The summed E-state index contributed by atoms with van der Waals surface area (Å²) in [6.45, 7) is 0.0226. The highest BCUT2D eigenvalue weighted by Gasteiger charge is 2.41. The number of rotatable bonds is 5. The lowest BCUT2D eigenvalue weighted by Gasteiger charge is -2.34. The predicted octanol–water partition coefficient (Wildman–Crippen LogP) is 3.33. The van der Waals surface area contributed by atoms with Crippen molar-refractivity contribution in [3.63, 3.8) is 0 Å². The third-order valence-electron chi connectivity index (χ3n) is 5.10. The number of carbonyl (C=O) groups excluding carboxylic acids is 2. The van der Waals surface area contributed by atoms with Gasteiger partial charge in [-0.3, -0.25) is 9.59 Å². The van der Waals surface area contributed by atoms with E-state index in [1.54, 1.807) is 42.5 Å². The fourth-order valence-corrected chi connectivity index (χ4v) is 3.73. The van der Waals surface area contributed by atoms with Gasteiger partial charge in [0, 0.05) is 5.56 Å². The van der Waals surface area contributed by atoms with Gasteiger partial charge < -0.3 is 20.5 Å². The summed E-state index contributed by atoms with van der Waals surface area (Å²) in [4.78, 5) is 27.4. The number of carbonyl (C=O) groups is 2. The molecule has 30 heavy (non-hydrogen) atoms. The van der Waals surface area contributed by atoms with Gasteiger partial charge in [0.05, 0.1) is 11.6 Å². The molecular weight excluding hydrogens is 387 g/mol. The summed E-state index contributed by atoms with van der Waals surface area (Å²) in [5.41, 5.74) is 6.67. The Balaban J connectivity index is 1.88. The molecule has 2 atom stereocenters. The van der Waals surface area contributed by atoms with Gasteiger partial charge >= 0.3 is 0 Å². The number of ether oxygens (including phenoxy) is 1. The van der Waals surface area contributed by atoms with Crippen LogP contribution < -0.4 is 10.5 Å². The number of hydrogen-bond donors (Lipinski definition) is 2. The monoisotopic (exact) mass is 406 g/mol. The van der Waals surface area contributed by atoms with Crippen LogP contribution in [0.5, 0.6) is 11.5 Å². The number of fused-ring (bicyclic) bond motifs is 1. The van der Waals surface area contributed by atoms with Gasteiger partial charge in [0.15, 0.2) is 0 Å². The van der Waals surface area contributed by atoms with Gasteiger partial charge in [0.1, 0.15) is 30.0 Å². The zero-order chi connectivity index (χ0) is 21.3. The first-order chi connectivity index (χ1) is 14.5. The molecule has 0 unspecified atom stereocenters. The van der Waals surface area contributed by atoms with Crippen molar-refractivity contribution in [2.45, 2.75) is 12.1 Å². The van der Waals surface area contributed by atoms with E-state index in [2.05, 4.69) is 0 Å². The third kappa shape index (κ3) is 3.45. The molecule has 0 fully saturated rings. The maximum atomic E-state index is 14.0. The molecule has 1 aliphatic rings. The molecule has 0 spiro atoms. The van der Waals surface area contributed by atoms with E-state index in [0.717, 1.165) is 0 Å². The Hall–Kier alpha value is -3.87. The van der Waals surface area contributed by atoms with Crippen LogP contribution in [-0.2, 0) is 4.79 Å². The van der Waals surface area contributed by atoms with E-state index in [1.807, 2.05) is 0 Å². The molecule has 0 aliphatic carbocycles. The molecule has 3 N–H and O–H groups in total. The summed E-state index contributed by atoms with van der Waals surface area (Å²) in [6, 6.07) is 16.7. The summed E-state index contributed by atoms with van der Waals surface area (Å²) in [5.74, 6) is -1.68. The number of hydrogen-bond acceptors (Lipinski definition) is 4. The van der Waals surface area contributed by atoms with Crippen molar-refractivity contribution < 1.29 is 23.8 Å². The van der Waals surface area contributed by atoms with Crippen molar-refractivity contribution in [3.8, 4) is 11.5 Å². The van der Waals surface area contributed by atoms with Crippen LogP contribution in [0.25, 0.3) is 0 Å². The van der Waals surface area contributed by atoms with Crippen LogP contribution in [0.4, 0.5) is 4.39 Å². The quantitative estimate of drug-likeness (QED) is 0.680. The van der Waals surface area contributed by atoms with E-state index >= 15 is 0 Å². The van der Waals surface area contributed by atoms with Crippen molar-refractivity contribution in [3.05, 3.63) is 95.3 Å². The Labute approximate surface area is 172 Å². The number of phenols is 1. The first-order valence-electron chi connectivity index (χ1n) is 9.34. The number of primary amides is 1. The standard InChI is InChI=1S/C23H19FN2O4/c24-15-10-11-20-17(12-15)18(13-30-20)26(23(29)16-8-4-5-9-19(16)27)21(22(25)28)14-6-2-1-3-7-14/h1-12,18,21,27H,13H2,(H2,25,28)/t18-,21-/m1/s1. The van der Waals surface area contributed by atoms with E-state index in [0.29, 0.717) is 16.9 Å². The predicted molar refractivity (Wildman–Crippen MR) is 107 cm³/mol. The average Bonchev–Trinajstić information content (AvgIpc) is 3.14. The molecule has 3 aromatic rings. The minimum absolute atomic E-state index is 0.00420. The van der Waals surface area contributed by atoms with Gasteiger partial charge in [-0.1, -0.05) is 42.5 Å². The molecule has 1 heterocycles. The Morgan fingerprint density at radius 2 is 1.77 bits per heavy atom. The van der Waals surface area contributed by atoms with Gasteiger partial charge in [0.2, 0.25) is 5.91 Å². The van der Waals surface area contributed by atoms with Crippen molar-refractivity contribution >= 4 is 11.8 Å². The third-order valence-corrected chi connectivity index (χ3v) is 5.10. The zero-order valence-corrected chi connectivity index (χ0v) is 15.9. The second-order valence-electron chi connectivity index (χ2n) is 6.95. The van der Waals surface area contributed by atoms with Crippen molar-refractivity contribution in [1.82, 2.24) is 4.90 Å². The number of phenolic OH excluding ortho intramolecular Hbond substituents is 1. The molecule has 3 aromatic carbocycles. The van der Waals surface area contributed by atoms with Gasteiger partial charge in [-0.05, 0) is 35.9 Å². The minimum Gasteiger partial charge on any atom is -0.507 e. The fraction of sp³-hybridized carbons (Fsp3) is 0.130. The highest BCUT2D eigenvalue weighted by Crippen LogP contribution is 2.41. The highest BCUT2D eigenvalue weighted by atomic mass is 19.1. The topological polar surface area (TPSA) is 92.9 Å². The van der Waals surface area contributed by atoms with Gasteiger partial charge in [-0.15, -0.1) is 0 Å². The molecule has 4 rings (SSSR count). The molecule has 6 nitrogen and oxygen atoms in total. The summed E-state index contributed by atoms with van der Waals surface area (Å²) in [7, 11) is 0. The van der Waals surface area contributed by atoms with Crippen molar-refractivity contribution in [1.29, 1.82) is 0 Å². The second-order valence-corrected chi connectivity index (χ2v) is 6.95. The Morgan fingerprint density at radius 3 is 2.47 bits per heavy atom. The number of aromatic hydroxyl groups is 1. The molecule has 0 radical (unpaired) electrons. The van der Waals surface area contributed by atoms with Crippen LogP contribution >= 0.6 is 0 Å². The lowest BCUT2D eigenvalue weighted by atomic mass is 9.97. The smallest absolute Gasteiger partial charge is 0.259 e. The van der Waals surface area contributed by atoms with E-state index in [-0.39, 0.29) is 17.9 Å². The normalized spacial score (nSPS) is 15.7. The number of nitrogens with two attached hydrogens (primary N) is 1. The Bertz CT molecular complexity index is 1100. The number of halogens is 1. The van der Waals surface area contributed by atoms with Crippen LogP contribution in [0.2, 0.25) is 0 Å². The molecule has 0 saturated heterocycles. The molecule has 0 bridgehead atoms. The lowest BCUT2D eigenvalue weighted by molar-refractivity contribution is -0.123. The summed E-state index contributed by atoms with van der Waals surface area (Å²) in [5, 5.41) is 10.2. The maximum absolute atomic E-state index is 14.0. The van der Waals surface area contributed by atoms with Crippen LogP contribution in [0, 0.1) is 5.82 Å². The van der Waals surface area contributed by atoms with Crippen LogP contribution in [0.1, 0.15) is 33.6 Å². The van der Waals surface area contributed by atoms with Crippen LogP contribution in [-0.4, -0.2) is 28.4 Å². The molecule has 152 valence electrons. The first-order valence-corrected chi connectivity index (χ1v) is 9.34. The van der Waals surface area contributed by atoms with E-state index in [9.17, 15) is 19.1 Å². The Kier molecular flexibility index (Phi) is 5.10. The molecular formula is C23H19FN2O4. The molecule has 2 amide bonds. The highest BCUT2D eigenvalue weighted by molar-refractivity contribution is 6.00. The lowest BCUT2D eigenvalue weighted by Crippen LogP contribution is -2.44. The Morgan fingerprint density at radius 1 is 1.07 bits per heavy atom. The number of nitrogens with zero attached hydrogens (tertiary/aromatic N) is 1. The van der Waals surface area contributed by atoms with Crippen LogP contribution in [0.3, 0.4) is 0 Å². The van der Waals surface area contributed by atoms with Crippen molar-refractivity contribution in [2.75, 3.05) is 6.61 Å². The van der Waals surface area contributed by atoms with Crippen LogP contribution in [0.15, 0.2) is 72.8 Å². The van der Waals surface area contributed by atoms with E-state index in [4.69, 9.17) is 10.5 Å². The molecule has 0 saturated carbocycles. The zero-order valence-electron chi connectivity index (χ0n) is 15.9. The first kappa shape index (κ1) is 19.4. The van der Waals surface area contributed by atoms with Gasteiger partial charge in [0.25, 0.3) is 5.91 Å². The number of amides is 2. The fourth-order valence-electron chi connectivity index (χ4n) is 3.73. The van der Waals surface area contributed by atoms with Gasteiger partial charge in [-0.25, -0.2) is 4.39 Å². The van der Waals surface area contributed by atoms with Crippen molar-refractivity contribution in [2.24, 2.45) is 5.73 Å².